The summed E-state index contributed by atoms with van der Waals surface area (Å²) in [5.41, 5.74) is -0.225. The lowest BCUT2D eigenvalue weighted by Gasteiger charge is -2.20. The highest BCUT2D eigenvalue weighted by Crippen LogP contribution is 2.28. The maximum atomic E-state index is 12.3. The molecule has 0 amide bonds. The van der Waals surface area contributed by atoms with Crippen molar-refractivity contribution in [3.8, 4) is 5.75 Å². The van der Waals surface area contributed by atoms with Gasteiger partial charge in [0.25, 0.3) is 0 Å². The summed E-state index contributed by atoms with van der Waals surface area (Å²) in [6.07, 6.45) is 1.02. The van der Waals surface area contributed by atoms with Crippen LogP contribution in [0.3, 0.4) is 0 Å². The van der Waals surface area contributed by atoms with Gasteiger partial charge in [-0.15, -0.1) is 0 Å². The zero-order valence-corrected chi connectivity index (χ0v) is 11.1. The Kier molecular flexibility index (Phi) is 4.04. The second-order valence-corrected chi connectivity index (χ2v) is 4.35. The summed E-state index contributed by atoms with van der Waals surface area (Å²) in [5, 5.41) is 21.3. The Labute approximate surface area is 119 Å². The number of rotatable bonds is 4. The molecule has 1 aromatic carbocycles. The Hall–Kier alpha value is -2.67. The van der Waals surface area contributed by atoms with E-state index in [1.807, 2.05) is 0 Å². The van der Waals surface area contributed by atoms with Gasteiger partial charge in [0, 0.05) is 11.6 Å². The first-order chi connectivity index (χ1) is 9.99. The number of fused-ring (bicyclic) bond motifs is 1. The summed E-state index contributed by atoms with van der Waals surface area (Å²) < 4.78 is 4.47. The molecule has 2 rings (SSSR count). The fourth-order valence-electron chi connectivity index (χ4n) is 2.01. The Morgan fingerprint density at radius 3 is 2.71 bits per heavy atom. The monoisotopic (exact) mass is 291 g/mol. The maximum Gasteiger partial charge on any atom is 0.330 e. The lowest BCUT2D eigenvalue weighted by molar-refractivity contribution is -0.143. The number of methoxy groups -OCH3 is 1. The van der Waals surface area contributed by atoms with Crippen LogP contribution in [0.15, 0.2) is 30.0 Å². The van der Waals surface area contributed by atoms with Gasteiger partial charge in [0.05, 0.1) is 25.0 Å². The van der Waals surface area contributed by atoms with Crippen LogP contribution >= 0.6 is 0 Å². The normalized spacial score (nSPS) is 15.0. The highest BCUT2D eigenvalue weighted by atomic mass is 16.5. The van der Waals surface area contributed by atoms with Crippen LogP contribution in [0.25, 0.3) is 0 Å². The molecule has 0 fully saturated rings. The largest absolute Gasteiger partial charge is 0.507 e. The van der Waals surface area contributed by atoms with Gasteiger partial charge < -0.3 is 20.3 Å². The summed E-state index contributed by atoms with van der Waals surface area (Å²) in [4.78, 5) is 35.6. The molecule has 0 aliphatic heterocycles. The van der Waals surface area contributed by atoms with Crippen molar-refractivity contribution in [2.45, 2.75) is 6.04 Å². The van der Waals surface area contributed by atoms with E-state index in [2.05, 4.69) is 10.1 Å². The fourth-order valence-corrected chi connectivity index (χ4v) is 2.01. The number of hydrogen-bond donors (Lipinski definition) is 3. The molecule has 21 heavy (non-hydrogen) atoms. The lowest BCUT2D eigenvalue weighted by atomic mass is 9.91. The second-order valence-electron chi connectivity index (χ2n) is 4.35. The molecule has 0 saturated heterocycles. The number of ketones is 2. The Morgan fingerprint density at radius 2 is 2.10 bits per heavy atom. The zero-order chi connectivity index (χ0) is 15.6. The average molecular weight is 291 g/mol. The summed E-state index contributed by atoms with van der Waals surface area (Å²) in [5.74, 6) is -2.21. The number of aromatic hydroxyl groups is 1. The molecule has 1 aliphatic carbocycles. The number of phenols is 1. The van der Waals surface area contributed by atoms with Crippen molar-refractivity contribution in [2.75, 3.05) is 13.7 Å². The molecule has 110 valence electrons. The third kappa shape index (κ3) is 2.63. The highest BCUT2D eigenvalue weighted by molar-refractivity contribution is 6.25. The van der Waals surface area contributed by atoms with E-state index in [0.29, 0.717) is 0 Å². The van der Waals surface area contributed by atoms with E-state index in [9.17, 15) is 19.5 Å². The number of nitrogens with one attached hydrogen (secondary N) is 1. The Balaban J connectivity index is 2.36. The Bertz CT molecular complexity index is 649. The number of carbonyl (C=O) groups is 3. The van der Waals surface area contributed by atoms with Crippen molar-refractivity contribution in [1.29, 1.82) is 0 Å². The molecule has 1 atom stereocenters. The van der Waals surface area contributed by atoms with E-state index in [0.717, 1.165) is 13.2 Å². The van der Waals surface area contributed by atoms with Gasteiger partial charge in [0.1, 0.15) is 11.8 Å². The molecular formula is C14H13NO6. The van der Waals surface area contributed by atoms with Gasteiger partial charge in [0.2, 0.25) is 5.78 Å². The van der Waals surface area contributed by atoms with E-state index in [1.54, 1.807) is 0 Å². The van der Waals surface area contributed by atoms with Crippen molar-refractivity contribution in [3.63, 3.8) is 0 Å². The number of carbonyl (C=O) groups excluding carboxylic acids is 3. The summed E-state index contributed by atoms with van der Waals surface area (Å²) >= 11 is 0. The number of aliphatic hydroxyl groups excluding tert-OH is 1. The molecule has 7 heteroatoms. The maximum absolute atomic E-state index is 12.3. The number of hydrogen-bond acceptors (Lipinski definition) is 7. The average Bonchev–Trinajstić information content (AvgIpc) is 2.48. The minimum atomic E-state index is -1.18. The summed E-state index contributed by atoms with van der Waals surface area (Å²) in [7, 11) is 1.13. The molecule has 0 spiro atoms. The highest BCUT2D eigenvalue weighted by Gasteiger charge is 2.30. The van der Waals surface area contributed by atoms with Gasteiger partial charge in [-0.1, -0.05) is 12.1 Å². The van der Waals surface area contributed by atoms with Crippen LogP contribution in [0.1, 0.15) is 20.7 Å². The predicted molar refractivity (Wildman–Crippen MR) is 70.9 cm³/mol. The van der Waals surface area contributed by atoms with E-state index in [-0.39, 0.29) is 22.6 Å². The zero-order valence-electron chi connectivity index (χ0n) is 11.1. The molecule has 1 aromatic rings. The predicted octanol–water partition coefficient (Wildman–Crippen LogP) is -0.221. The number of aliphatic hydroxyl groups is 1. The molecule has 0 bridgehead atoms. The van der Waals surface area contributed by atoms with Gasteiger partial charge in [-0.05, 0) is 6.07 Å². The van der Waals surface area contributed by atoms with Crippen LogP contribution in [-0.2, 0) is 9.53 Å². The van der Waals surface area contributed by atoms with Crippen LogP contribution in [0.5, 0.6) is 5.75 Å². The van der Waals surface area contributed by atoms with Crippen LogP contribution in [0, 0.1) is 0 Å². The SMILES string of the molecule is COC(=O)[C@H](CO)NC1=CC(=O)c2cccc(O)c2C1=O. The number of phenolic OH excluding ortho intramolecular Hbond substituents is 1. The van der Waals surface area contributed by atoms with Gasteiger partial charge in [0.15, 0.2) is 5.78 Å². The Morgan fingerprint density at radius 1 is 1.38 bits per heavy atom. The van der Waals surface area contributed by atoms with E-state index in [4.69, 9.17) is 5.11 Å². The molecule has 0 saturated carbocycles. The van der Waals surface area contributed by atoms with Crippen molar-refractivity contribution < 1.29 is 29.3 Å². The molecule has 7 nitrogen and oxygen atoms in total. The standard InChI is InChI=1S/C14H13NO6/c1-21-14(20)9(6-16)15-8-5-11(18)7-3-2-4-10(17)12(7)13(8)19/h2-5,9,15-17H,6H2,1H3/t9-/m0/s1. The van der Waals surface area contributed by atoms with E-state index < -0.39 is 30.2 Å². The minimum Gasteiger partial charge on any atom is -0.507 e. The van der Waals surface area contributed by atoms with E-state index in [1.165, 1.54) is 18.2 Å². The number of allylic oxidation sites excluding steroid dienone is 2. The van der Waals surface area contributed by atoms with Gasteiger partial charge in [-0.3, -0.25) is 9.59 Å². The molecule has 3 N–H and O–H groups in total. The summed E-state index contributed by atoms with van der Waals surface area (Å²) in [6, 6.07) is 2.99. The van der Waals surface area contributed by atoms with Gasteiger partial charge in [-0.2, -0.15) is 0 Å². The van der Waals surface area contributed by atoms with Crippen LogP contribution < -0.4 is 5.32 Å². The third-order valence-corrected chi connectivity index (χ3v) is 3.05. The lowest BCUT2D eigenvalue weighted by Crippen LogP contribution is -2.42. The second kappa shape index (κ2) is 5.76. The molecule has 0 aromatic heterocycles. The molecule has 0 radical (unpaired) electrons. The molecule has 0 unspecified atom stereocenters. The first-order valence-corrected chi connectivity index (χ1v) is 6.07. The van der Waals surface area contributed by atoms with Crippen LogP contribution in [0.2, 0.25) is 0 Å². The summed E-state index contributed by atoms with van der Waals surface area (Å²) in [6.45, 7) is -0.612. The van der Waals surface area contributed by atoms with Crippen molar-refractivity contribution >= 4 is 17.5 Å². The van der Waals surface area contributed by atoms with Crippen molar-refractivity contribution in [3.05, 3.63) is 41.1 Å². The van der Waals surface area contributed by atoms with Crippen molar-refractivity contribution in [2.24, 2.45) is 0 Å². The topological polar surface area (TPSA) is 113 Å². The van der Waals surface area contributed by atoms with Crippen LogP contribution in [-0.4, -0.2) is 47.5 Å². The number of benzene rings is 1. The molecule has 1 aliphatic rings. The smallest absolute Gasteiger partial charge is 0.330 e. The molecule has 0 heterocycles. The van der Waals surface area contributed by atoms with E-state index >= 15 is 0 Å². The molecular weight excluding hydrogens is 278 g/mol. The van der Waals surface area contributed by atoms with Gasteiger partial charge >= 0.3 is 5.97 Å². The van der Waals surface area contributed by atoms with Crippen molar-refractivity contribution in [1.82, 2.24) is 5.32 Å². The number of esters is 1. The van der Waals surface area contributed by atoms with Crippen LogP contribution in [0.4, 0.5) is 0 Å². The third-order valence-electron chi connectivity index (χ3n) is 3.05. The number of ether oxygens (including phenoxy) is 1. The number of Topliss-reactive ketones (excluding diaryl/α,β-unsaturated/α-hetero) is 1. The first kappa shape index (κ1) is 14.7. The van der Waals surface area contributed by atoms with Gasteiger partial charge in [-0.25, -0.2) is 4.79 Å². The fraction of sp³-hybridized carbons (Fsp3) is 0.214. The first-order valence-electron chi connectivity index (χ1n) is 6.07. The quantitative estimate of drug-likeness (QED) is 0.657. The minimum absolute atomic E-state index is 0.0872.